The number of carbonyl (C=O) groups is 2. The number of rotatable bonds is 7. The summed E-state index contributed by atoms with van der Waals surface area (Å²) in [5.41, 5.74) is 4.30. The lowest BCUT2D eigenvalue weighted by Gasteiger charge is -2.14. The molecule has 1 fully saturated rings. The molecule has 148 valence electrons. The first kappa shape index (κ1) is 19.9. The average Bonchev–Trinajstić information content (AvgIpc) is 3.23. The maximum Gasteiger partial charge on any atom is 0.251 e. The minimum absolute atomic E-state index is 0.0649. The molecule has 0 spiro atoms. The van der Waals surface area contributed by atoms with Gasteiger partial charge in [-0.05, 0) is 56.0 Å². The normalized spacial score (nSPS) is 13.9. The number of amides is 2. The molecule has 1 heterocycles. The number of pyridine rings is 1. The number of anilines is 2. The van der Waals surface area contributed by atoms with E-state index in [2.05, 4.69) is 20.9 Å². The summed E-state index contributed by atoms with van der Waals surface area (Å²) in [7, 11) is 0. The van der Waals surface area contributed by atoms with Crippen molar-refractivity contribution in [1.82, 2.24) is 10.3 Å². The molecule has 6 nitrogen and oxygen atoms in total. The molecule has 6 heteroatoms. The Morgan fingerprint density at radius 2 is 1.82 bits per heavy atom. The lowest BCUT2D eigenvalue weighted by Crippen LogP contribution is -2.29. The van der Waals surface area contributed by atoms with Gasteiger partial charge >= 0.3 is 0 Å². The maximum atomic E-state index is 12.5. The molecule has 0 saturated heterocycles. The summed E-state index contributed by atoms with van der Waals surface area (Å²) in [4.78, 5) is 28.9. The molecule has 1 aliphatic carbocycles. The van der Waals surface area contributed by atoms with Crippen molar-refractivity contribution in [2.24, 2.45) is 5.92 Å². The van der Waals surface area contributed by atoms with Crippen LogP contribution in [0, 0.1) is 19.8 Å². The third-order valence-corrected chi connectivity index (χ3v) is 5.23. The van der Waals surface area contributed by atoms with Crippen molar-refractivity contribution in [1.29, 1.82) is 0 Å². The molecule has 0 radical (unpaired) electrons. The van der Waals surface area contributed by atoms with E-state index in [1.165, 1.54) is 0 Å². The molecule has 3 rings (SSSR count). The van der Waals surface area contributed by atoms with Crippen LogP contribution in [0.1, 0.15) is 47.2 Å². The minimum atomic E-state index is -0.149. The fraction of sp³-hybridized carbons (Fsp3) is 0.409. The third-order valence-electron chi connectivity index (χ3n) is 5.23. The van der Waals surface area contributed by atoms with E-state index in [-0.39, 0.29) is 17.7 Å². The van der Waals surface area contributed by atoms with Crippen LogP contribution in [0.15, 0.2) is 36.7 Å². The second kappa shape index (κ2) is 9.35. The predicted molar refractivity (Wildman–Crippen MR) is 112 cm³/mol. The number of aromatic nitrogens is 1. The van der Waals surface area contributed by atoms with Gasteiger partial charge in [0.2, 0.25) is 5.91 Å². The van der Waals surface area contributed by atoms with Crippen molar-refractivity contribution < 1.29 is 9.59 Å². The number of nitrogens with zero attached hydrogens (tertiary/aromatic N) is 1. The number of hydrogen-bond donors (Lipinski definition) is 3. The lowest BCUT2D eigenvalue weighted by atomic mass is 10.1. The summed E-state index contributed by atoms with van der Waals surface area (Å²) in [5, 5.41) is 9.21. The van der Waals surface area contributed by atoms with Gasteiger partial charge in [0.05, 0.1) is 0 Å². The fourth-order valence-electron chi connectivity index (χ4n) is 3.47. The molecule has 0 unspecified atom stereocenters. The van der Waals surface area contributed by atoms with Gasteiger partial charge in [-0.3, -0.25) is 14.6 Å². The summed E-state index contributed by atoms with van der Waals surface area (Å²) in [6, 6.07) is 7.34. The Balaban J connectivity index is 1.53. The second-order valence-corrected chi connectivity index (χ2v) is 7.37. The van der Waals surface area contributed by atoms with E-state index in [0.717, 1.165) is 48.2 Å². The van der Waals surface area contributed by atoms with Crippen LogP contribution in [0.4, 0.5) is 11.4 Å². The SMILES string of the molecule is Cc1cnccc1NCCNC(=O)c1ccc(C)c(NC(=O)C2CCCC2)c1. The van der Waals surface area contributed by atoms with Crippen LogP contribution in [0.5, 0.6) is 0 Å². The van der Waals surface area contributed by atoms with Crippen LogP contribution in [0.2, 0.25) is 0 Å². The summed E-state index contributed by atoms with van der Waals surface area (Å²) < 4.78 is 0. The molecule has 1 aromatic heterocycles. The van der Waals surface area contributed by atoms with Gasteiger partial charge in [0, 0.05) is 48.3 Å². The van der Waals surface area contributed by atoms with Gasteiger partial charge in [0.1, 0.15) is 0 Å². The van der Waals surface area contributed by atoms with Crippen LogP contribution >= 0.6 is 0 Å². The van der Waals surface area contributed by atoms with E-state index in [0.29, 0.717) is 18.7 Å². The van der Waals surface area contributed by atoms with E-state index in [1.54, 1.807) is 24.5 Å². The van der Waals surface area contributed by atoms with Crippen molar-refractivity contribution in [3.05, 3.63) is 53.3 Å². The van der Waals surface area contributed by atoms with Gasteiger partial charge in [-0.2, -0.15) is 0 Å². The topological polar surface area (TPSA) is 83.1 Å². The molecule has 0 bridgehead atoms. The zero-order chi connectivity index (χ0) is 19.9. The first-order valence-electron chi connectivity index (χ1n) is 9.89. The van der Waals surface area contributed by atoms with E-state index < -0.39 is 0 Å². The highest BCUT2D eigenvalue weighted by molar-refractivity contribution is 5.98. The van der Waals surface area contributed by atoms with Gasteiger partial charge in [0.25, 0.3) is 5.91 Å². The average molecular weight is 380 g/mol. The zero-order valence-electron chi connectivity index (χ0n) is 16.5. The minimum Gasteiger partial charge on any atom is -0.383 e. The van der Waals surface area contributed by atoms with Crippen molar-refractivity contribution in [3.63, 3.8) is 0 Å². The van der Waals surface area contributed by atoms with Crippen LogP contribution in [0.25, 0.3) is 0 Å². The summed E-state index contributed by atoms with van der Waals surface area (Å²) in [6.45, 7) is 5.04. The fourth-order valence-corrected chi connectivity index (χ4v) is 3.47. The predicted octanol–water partition coefficient (Wildman–Crippen LogP) is 3.67. The Kier molecular flexibility index (Phi) is 6.63. The highest BCUT2D eigenvalue weighted by Crippen LogP contribution is 2.27. The van der Waals surface area contributed by atoms with Crippen molar-refractivity contribution in [2.45, 2.75) is 39.5 Å². The van der Waals surface area contributed by atoms with Gasteiger partial charge < -0.3 is 16.0 Å². The first-order chi connectivity index (χ1) is 13.5. The Morgan fingerprint density at radius 3 is 2.57 bits per heavy atom. The highest BCUT2D eigenvalue weighted by Gasteiger charge is 2.23. The molecule has 1 aliphatic rings. The number of nitrogens with one attached hydrogen (secondary N) is 3. The molecule has 1 aromatic carbocycles. The van der Waals surface area contributed by atoms with Crippen LogP contribution in [-0.4, -0.2) is 29.9 Å². The molecule has 28 heavy (non-hydrogen) atoms. The smallest absolute Gasteiger partial charge is 0.251 e. The highest BCUT2D eigenvalue weighted by atomic mass is 16.2. The van der Waals surface area contributed by atoms with Gasteiger partial charge in [0.15, 0.2) is 0 Å². The number of carbonyl (C=O) groups excluding carboxylic acids is 2. The summed E-state index contributed by atoms with van der Waals surface area (Å²) >= 11 is 0. The molecule has 2 aromatic rings. The number of benzene rings is 1. The standard InChI is InChI=1S/C22H28N4O2/c1-15-7-8-18(13-20(15)26-22(28)17-5-3-4-6-17)21(27)25-12-11-24-19-9-10-23-14-16(19)2/h7-10,13-14,17H,3-6,11-12H2,1-2H3,(H,23,24)(H,25,27)(H,26,28). The Bertz CT molecular complexity index is 844. The van der Waals surface area contributed by atoms with Crippen molar-refractivity contribution in [3.8, 4) is 0 Å². The molecular weight excluding hydrogens is 352 g/mol. The van der Waals surface area contributed by atoms with E-state index in [4.69, 9.17) is 0 Å². The molecular formula is C22H28N4O2. The molecule has 1 saturated carbocycles. The van der Waals surface area contributed by atoms with E-state index >= 15 is 0 Å². The van der Waals surface area contributed by atoms with Crippen LogP contribution in [0.3, 0.4) is 0 Å². The largest absolute Gasteiger partial charge is 0.383 e. The number of hydrogen-bond acceptors (Lipinski definition) is 4. The van der Waals surface area contributed by atoms with Gasteiger partial charge in [-0.15, -0.1) is 0 Å². The Hall–Kier alpha value is -2.89. The lowest BCUT2D eigenvalue weighted by molar-refractivity contribution is -0.119. The molecule has 0 atom stereocenters. The van der Waals surface area contributed by atoms with E-state index in [1.807, 2.05) is 26.0 Å². The number of aryl methyl sites for hydroxylation is 2. The second-order valence-electron chi connectivity index (χ2n) is 7.37. The summed E-state index contributed by atoms with van der Waals surface area (Å²) in [6.07, 6.45) is 7.68. The zero-order valence-corrected chi connectivity index (χ0v) is 16.5. The first-order valence-corrected chi connectivity index (χ1v) is 9.89. The summed E-state index contributed by atoms with van der Waals surface area (Å²) in [5.74, 6) is 0.0132. The quantitative estimate of drug-likeness (QED) is 0.640. The van der Waals surface area contributed by atoms with Gasteiger partial charge in [-0.25, -0.2) is 0 Å². The Morgan fingerprint density at radius 1 is 1.04 bits per heavy atom. The Labute approximate surface area is 166 Å². The van der Waals surface area contributed by atoms with Gasteiger partial charge in [-0.1, -0.05) is 18.9 Å². The third kappa shape index (κ3) is 5.09. The van der Waals surface area contributed by atoms with Crippen molar-refractivity contribution >= 4 is 23.2 Å². The monoisotopic (exact) mass is 380 g/mol. The molecule has 2 amide bonds. The molecule has 0 aliphatic heterocycles. The molecule has 3 N–H and O–H groups in total. The maximum absolute atomic E-state index is 12.5. The van der Waals surface area contributed by atoms with Crippen LogP contribution < -0.4 is 16.0 Å². The van der Waals surface area contributed by atoms with E-state index in [9.17, 15) is 9.59 Å². The van der Waals surface area contributed by atoms with Crippen molar-refractivity contribution in [2.75, 3.05) is 23.7 Å². The van der Waals surface area contributed by atoms with Crippen LogP contribution in [-0.2, 0) is 4.79 Å².